The van der Waals surface area contributed by atoms with Gasteiger partial charge in [-0.1, -0.05) is 17.7 Å². The summed E-state index contributed by atoms with van der Waals surface area (Å²) in [6.45, 7) is 0.460. The van der Waals surface area contributed by atoms with Crippen molar-refractivity contribution < 1.29 is 4.92 Å². The second kappa shape index (κ2) is 5.71. The molecule has 0 radical (unpaired) electrons. The first-order chi connectivity index (χ1) is 8.18. The number of benzene rings is 1. The topological polar surface area (TPSA) is 55.2 Å². The minimum absolute atomic E-state index is 0.0932. The molecule has 0 aliphatic carbocycles. The molecule has 1 aromatic rings. The van der Waals surface area contributed by atoms with E-state index in [4.69, 9.17) is 11.6 Å². The predicted molar refractivity (Wildman–Crippen MR) is 70.7 cm³/mol. The van der Waals surface area contributed by atoms with Gasteiger partial charge in [0.2, 0.25) is 0 Å². The van der Waals surface area contributed by atoms with Gasteiger partial charge in [0.05, 0.1) is 15.5 Å². The maximum atomic E-state index is 10.9. The van der Waals surface area contributed by atoms with Crippen molar-refractivity contribution in [1.29, 1.82) is 0 Å². The first-order valence-corrected chi connectivity index (χ1v) is 6.94. The van der Waals surface area contributed by atoms with Crippen molar-refractivity contribution >= 4 is 29.1 Å². The van der Waals surface area contributed by atoms with Crippen molar-refractivity contribution in [3.8, 4) is 0 Å². The van der Waals surface area contributed by atoms with E-state index >= 15 is 0 Å². The van der Waals surface area contributed by atoms with Crippen LogP contribution in [0.2, 0.25) is 5.02 Å². The molecule has 1 aliphatic heterocycles. The fraction of sp³-hybridized carbons (Fsp3) is 0.455. The summed E-state index contributed by atoms with van der Waals surface area (Å²) in [7, 11) is 0. The van der Waals surface area contributed by atoms with Crippen LogP contribution in [0.15, 0.2) is 18.2 Å². The third-order valence-corrected chi connectivity index (χ3v) is 4.30. The molecule has 1 fully saturated rings. The average molecular weight is 273 g/mol. The van der Waals surface area contributed by atoms with Crippen molar-refractivity contribution in [3.05, 3.63) is 38.9 Å². The lowest BCUT2D eigenvalue weighted by Crippen LogP contribution is -2.28. The molecule has 4 nitrogen and oxygen atoms in total. The largest absolute Gasteiger partial charge is 0.309 e. The molecule has 17 heavy (non-hydrogen) atoms. The zero-order valence-corrected chi connectivity index (χ0v) is 10.8. The Bertz CT molecular complexity index is 422. The van der Waals surface area contributed by atoms with Crippen LogP contribution in [0.1, 0.15) is 12.0 Å². The Hall–Kier alpha value is -0.780. The number of nitro groups is 1. The summed E-state index contributed by atoms with van der Waals surface area (Å²) in [6, 6.07) is 5.23. The van der Waals surface area contributed by atoms with Crippen LogP contribution in [0.4, 0.5) is 5.69 Å². The van der Waals surface area contributed by atoms with Crippen LogP contribution in [0, 0.1) is 10.1 Å². The lowest BCUT2D eigenvalue weighted by Gasteiger charge is -2.12. The van der Waals surface area contributed by atoms with Gasteiger partial charge >= 0.3 is 0 Å². The molecule has 6 heteroatoms. The van der Waals surface area contributed by atoms with Crippen LogP contribution < -0.4 is 5.32 Å². The average Bonchev–Trinajstić information content (AvgIpc) is 2.80. The molecule has 0 bridgehead atoms. The van der Waals surface area contributed by atoms with Gasteiger partial charge in [-0.25, -0.2) is 0 Å². The zero-order chi connectivity index (χ0) is 12.3. The predicted octanol–water partition coefficient (Wildman–Crippen LogP) is 2.84. The Kier molecular flexibility index (Phi) is 4.25. The summed E-state index contributed by atoms with van der Waals surface area (Å²) in [6.07, 6.45) is 1.11. The minimum atomic E-state index is -0.383. The van der Waals surface area contributed by atoms with Crippen LogP contribution in [0.3, 0.4) is 0 Å². The third kappa shape index (κ3) is 3.12. The van der Waals surface area contributed by atoms with Gasteiger partial charge in [0.1, 0.15) is 0 Å². The maximum absolute atomic E-state index is 10.9. The van der Waals surface area contributed by atoms with Crippen molar-refractivity contribution in [1.82, 2.24) is 5.32 Å². The SMILES string of the molecule is O=[N+]([O-])c1cccc(Cl)c1CNC1CCSC1. The quantitative estimate of drug-likeness (QED) is 0.676. The highest BCUT2D eigenvalue weighted by atomic mass is 35.5. The van der Waals surface area contributed by atoms with Gasteiger partial charge in [-0.2, -0.15) is 11.8 Å². The van der Waals surface area contributed by atoms with Gasteiger partial charge in [0, 0.05) is 24.4 Å². The molecule has 1 aromatic carbocycles. The van der Waals surface area contributed by atoms with Gasteiger partial charge in [-0.05, 0) is 18.2 Å². The highest BCUT2D eigenvalue weighted by Gasteiger charge is 2.19. The first kappa shape index (κ1) is 12.7. The summed E-state index contributed by atoms with van der Waals surface area (Å²) >= 11 is 7.91. The minimum Gasteiger partial charge on any atom is -0.309 e. The van der Waals surface area contributed by atoms with E-state index in [9.17, 15) is 10.1 Å². The maximum Gasteiger partial charge on any atom is 0.275 e. The number of nitrogens with one attached hydrogen (secondary N) is 1. The van der Waals surface area contributed by atoms with Crippen molar-refractivity contribution in [2.45, 2.75) is 19.0 Å². The Labute approximate surface area is 109 Å². The number of thioether (sulfide) groups is 1. The molecule has 1 heterocycles. The monoisotopic (exact) mass is 272 g/mol. The molecule has 0 aromatic heterocycles. The number of nitrogens with zero attached hydrogens (tertiary/aromatic N) is 1. The molecule has 1 N–H and O–H groups in total. The summed E-state index contributed by atoms with van der Waals surface area (Å²) in [5.74, 6) is 2.22. The van der Waals surface area contributed by atoms with E-state index in [1.165, 1.54) is 6.07 Å². The van der Waals surface area contributed by atoms with E-state index in [1.54, 1.807) is 12.1 Å². The molecule has 0 amide bonds. The fourth-order valence-electron chi connectivity index (χ4n) is 1.84. The molecule has 0 spiro atoms. The van der Waals surface area contributed by atoms with Crippen LogP contribution in [-0.2, 0) is 6.54 Å². The Balaban J connectivity index is 2.10. The van der Waals surface area contributed by atoms with E-state index in [-0.39, 0.29) is 10.6 Å². The standard InChI is InChI=1S/C11H13ClN2O2S/c12-10-2-1-3-11(14(15)16)9(10)6-13-8-4-5-17-7-8/h1-3,8,13H,4-7H2. The second-order valence-electron chi connectivity index (χ2n) is 3.94. The summed E-state index contributed by atoms with van der Waals surface area (Å²) < 4.78 is 0. The van der Waals surface area contributed by atoms with Crippen molar-refractivity contribution in [2.24, 2.45) is 0 Å². The Morgan fingerprint density at radius 3 is 3.06 bits per heavy atom. The molecule has 0 saturated carbocycles. The van der Waals surface area contributed by atoms with E-state index < -0.39 is 0 Å². The normalized spacial score (nSPS) is 19.5. The molecule has 1 atom stereocenters. The van der Waals surface area contributed by atoms with Gasteiger partial charge < -0.3 is 5.32 Å². The number of halogens is 1. The second-order valence-corrected chi connectivity index (χ2v) is 5.49. The number of hydrogen-bond acceptors (Lipinski definition) is 4. The Morgan fingerprint density at radius 2 is 2.41 bits per heavy atom. The summed E-state index contributed by atoms with van der Waals surface area (Å²) in [4.78, 5) is 10.5. The third-order valence-electron chi connectivity index (χ3n) is 2.79. The number of nitro benzene ring substituents is 1. The smallest absolute Gasteiger partial charge is 0.275 e. The zero-order valence-electron chi connectivity index (χ0n) is 9.19. The summed E-state index contributed by atoms with van der Waals surface area (Å²) in [5.41, 5.74) is 0.673. The van der Waals surface area contributed by atoms with Gasteiger partial charge in [-0.15, -0.1) is 0 Å². The van der Waals surface area contributed by atoms with E-state index in [0.717, 1.165) is 17.9 Å². The van der Waals surface area contributed by atoms with Gasteiger partial charge in [-0.3, -0.25) is 10.1 Å². The van der Waals surface area contributed by atoms with Crippen LogP contribution in [0.25, 0.3) is 0 Å². The van der Waals surface area contributed by atoms with E-state index in [1.807, 2.05) is 11.8 Å². The van der Waals surface area contributed by atoms with Crippen LogP contribution in [0.5, 0.6) is 0 Å². The van der Waals surface area contributed by atoms with Crippen LogP contribution in [-0.4, -0.2) is 22.5 Å². The molecule has 2 rings (SSSR count). The van der Waals surface area contributed by atoms with Gasteiger partial charge in [0.25, 0.3) is 5.69 Å². The van der Waals surface area contributed by atoms with Gasteiger partial charge in [0.15, 0.2) is 0 Å². The highest BCUT2D eigenvalue weighted by Crippen LogP contribution is 2.26. The molecular formula is C11H13ClN2O2S. The lowest BCUT2D eigenvalue weighted by atomic mass is 10.1. The molecular weight excluding hydrogens is 260 g/mol. The molecule has 1 unspecified atom stereocenters. The number of hydrogen-bond donors (Lipinski definition) is 1. The van der Waals surface area contributed by atoms with E-state index in [0.29, 0.717) is 23.2 Å². The highest BCUT2D eigenvalue weighted by molar-refractivity contribution is 7.99. The molecule has 92 valence electrons. The fourth-order valence-corrected chi connectivity index (χ4v) is 3.26. The van der Waals surface area contributed by atoms with E-state index in [2.05, 4.69) is 5.32 Å². The molecule has 1 saturated heterocycles. The van der Waals surface area contributed by atoms with Crippen molar-refractivity contribution in [3.63, 3.8) is 0 Å². The lowest BCUT2D eigenvalue weighted by molar-refractivity contribution is -0.385. The first-order valence-electron chi connectivity index (χ1n) is 5.41. The Morgan fingerprint density at radius 1 is 1.59 bits per heavy atom. The summed E-state index contributed by atoms with van der Waals surface area (Å²) in [5, 5.41) is 14.7. The van der Waals surface area contributed by atoms with Crippen LogP contribution >= 0.6 is 23.4 Å². The number of rotatable bonds is 4. The van der Waals surface area contributed by atoms with Crippen molar-refractivity contribution in [2.75, 3.05) is 11.5 Å². The molecule has 1 aliphatic rings.